The molecule has 142 valence electrons. The minimum atomic E-state index is 0.362. The van der Waals surface area contributed by atoms with Crippen molar-refractivity contribution in [2.24, 2.45) is 0 Å². The maximum Gasteiger partial charge on any atom is 0.141 e. The van der Waals surface area contributed by atoms with Crippen molar-refractivity contribution in [2.75, 3.05) is 13.1 Å². The van der Waals surface area contributed by atoms with Gasteiger partial charge in [-0.2, -0.15) is 0 Å². The van der Waals surface area contributed by atoms with E-state index in [1.807, 2.05) is 41.2 Å². The standard InChI is InChI=1S/C23H24N4O/c28-21-13-18-5-4-8-22(23(18)14-21)17-9-11-26(12-10-17)15-19-16-27(25-24-19)20-6-2-1-3-7-20/h1-8,16-17H,9-15H2. The van der Waals surface area contributed by atoms with Crippen LogP contribution in [0.4, 0.5) is 0 Å². The average Bonchev–Trinajstić information content (AvgIpc) is 3.35. The van der Waals surface area contributed by atoms with Gasteiger partial charge in [-0.25, -0.2) is 4.68 Å². The maximum atomic E-state index is 11.9. The minimum Gasteiger partial charge on any atom is -0.299 e. The van der Waals surface area contributed by atoms with E-state index >= 15 is 0 Å². The number of hydrogen-bond donors (Lipinski definition) is 0. The Labute approximate surface area is 165 Å². The monoisotopic (exact) mass is 372 g/mol. The molecule has 28 heavy (non-hydrogen) atoms. The summed E-state index contributed by atoms with van der Waals surface area (Å²) in [6, 6.07) is 16.6. The number of piperidine rings is 1. The molecular formula is C23H24N4O. The van der Waals surface area contributed by atoms with Crippen LogP contribution in [0.2, 0.25) is 0 Å². The molecule has 0 radical (unpaired) electrons. The number of fused-ring (bicyclic) bond motifs is 1. The fourth-order valence-corrected chi connectivity index (χ4v) is 4.60. The zero-order valence-electron chi connectivity index (χ0n) is 15.9. The summed E-state index contributed by atoms with van der Waals surface area (Å²) in [5.41, 5.74) is 6.03. The highest BCUT2D eigenvalue weighted by atomic mass is 16.1. The van der Waals surface area contributed by atoms with Gasteiger partial charge in [0.15, 0.2) is 0 Å². The average molecular weight is 372 g/mol. The zero-order valence-corrected chi connectivity index (χ0v) is 15.9. The Hall–Kier alpha value is -2.79. The Morgan fingerprint density at radius 3 is 2.61 bits per heavy atom. The Bertz CT molecular complexity index is 987. The van der Waals surface area contributed by atoms with Crippen LogP contribution in [-0.2, 0) is 24.2 Å². The van der Waals surface area contributed by atoms with Crippen molar-refractivity contribution in [3.05, 3.63) is 77.1 Å². The Morgan fingerprint density at radius 1 is 0.964 bits per heavy atom. The van der Waals surface area contributed by atoms with E-state index in [1.54, 1.807) is 0 Å². The predicted molar refractivity (Wildman–Crippen MR) is 107 cm³/mol. The number of hydrogen-bond acceptors (Lipinski definition) is 4. The van der Waals surface area contributed by atoms with Crippen LogP contribution in [-0.4, -0.2) is 38.8 Å². The van der Waals surface area contributed by atoms with Crippen molar-refractivity contribution in [3.63, 3.8) is 0 Å². The lowest BCUT2D eigenvalue weighted by atomic mass is 9.85. The normalized spacial score (nSPS) is 17.8. The number of Topliss-reactive ketones (excluding diaryl/α,β-unsaturated/α-hetero) is 1. The number of ketones is 1. The second-order valence-electron chi connectivity index (χ2n) is 7.92. The lowest BCUT2D eigenvalue weighted by Crippen LogP contribution is -2.32. The summed E-state index contributed by atoms with van der Waals surface area (Å²) >= 11 is 0. The SMILES string of the molecule is O=C1Cc2cccc(C3CCN(Cc4cn(-c5ccccc5)nn4)CC3)c2C1. The van der Waals surface area contributed by atoms with Crippen LogP contribution in [0.3, 0.4) is 0 Å². The lowest BCUT2D eigenvalue weighted by molar-refractivity contribution is -0.117. The molecule has 2 heterocycles. The van der Waals surface area contributed by atoms with Crippen molar-refractivity contribution in [2.45, 2.75) is 38.1 Å². The molecule has 0 atom stereocenters. The van der Waals surface area contributed by atoms with E-state index in [1.165, 1.54) is 16.7 Å². The molecule has 1 aromatic heterocycles. The number of para-hydroxylation sites is 1. The quantitative estimate of drug-likeness (QED) is 0.705. The second-order valence-corrected chi connectivity index (χ2v) is 7.92. The van der Waals surface area contributed by atoms with Crippen LogP contribution in [0.1, 0.15) is 41.1 Å². The number of carbonyl (C=O) groups is 1. The molecule has 2 aliphatic rings. The van der Waals surface area contributed by atoms with E-state index in [2.05, 4.69) is 33.4 Å². The molecule has 1 saturated heterocycles. The first-order chi connectivity index (χ1) is 13.8. The van der Waals surface area contributed by atoms with Gasteiger partial charge >= 0.3 is 0 Å². The molecule has 0 spiro atoms. The fraction of sp³-hybridized carbons (Fsp3) is 0.348. The number of rotatable bonds is 4. The lowest BCUT2D eigenvalue weighted by Gasteiger charge is -2.32. The number of nitrogens with zero attached hydrogens (tertiary/aromatic N) is 4. The summed E-state index contributed by atoms with van der Waals surface area (Å²) in [6.45, 7) is 2.95. The molecule has 0 unspecified atom stereocenters. The van der Waals surface area contributed by atoms with Crippen LogP contribution in [0.5, 0.6) is 0 Å². The molecule has 5 rings (SSSR count). The molecule has 5 heteroatoms. The Balaban J connectivity index is 1.22. The van der Waals surface area contributed by atoms with Crippen molar-refractivity contribution in [1.29, 1.82) is 0 Å². The molecule has 1 aliphatic carbocycles. The smallest absolute Gasteiger partial charge is 0.141 e. The van der Waals surface area contributed by atoms with Gasteiger partial charge in [-0.15, -0.1) is 5.10 Å². The van der Waals surface area contributed by atoms with Crippen LogP contribution in [0.25, 0.3) is 5.69 Å². The van der Waals surface area contributed by atoms with Gasteiger partial charge in [0, 0.05) is 19.4 Å². The van der Waals surface area contributed by atoms with Gasteiger partial charge in [0.25, 0.3) is 0 Å². The van der Waals surface area contributed by atoms with Crippen molar-refractivity contribution in [1.82, 2.24) is 19.9 Å². The summed E-state index contributed by atoms with van der Waals surface area (Å²) < 4.78 is 1.84. The molecule has 0 amide bonds. The van der Waals surface area contributed by atoms with Crippen LogP contribution < -0.4 is 0 Å². The molecule has 5 nitrogen and oxygen atoms in total. The Kier molecular flexibility index (Phi) is 4.53. The van der Waals surface area contributed by atoms with E-state index in [0.717, 1.165) is 43.9 Å². The van der Waals surface area contributed by atoms with Crippen LogP contribution in [0, 0.1) is 0 Å². The highest BCUT2D eigenvalue weighted by Crippen LogP contribution is 2.34. The molecule has 2 aromatic carbocycles. The summed E-state index contributed by atoms with van der Waals surface area (Å²) in [6.07, 6.45) is 5.56. The number of carbonyl (C=O) groups excluding carboxylic acids is 1. The van der Waals surface area contributed by atoms with E-state index < -0.39 is 0 Å². The fourth-order valence-electron chi connectivity index (χ4n) is 4.60. The molecule has 1 fully saturated rings. The van der Waals surface area contributed by atoms with E-state index in [-0.39, 0.29) is 0 Å². The molecule has 0 saturated carbocycles. The third kappa shape index (κ3) is 3.38. The highest BCUT2D eigenvalue weighted by Gasteiger charge is 2.27. The third-order valence-electron chi connectivity index (χ3n) is 6.05. The minimum absolute atomic E-state index is 0.362. The summed E-state index contributed by atoms with van der Waals surface area (Å²) in [5.74, 6) is 0.929. The summed E-state index contributed by atoms with van der Waals surface area (Å²) in [5, 5.41) is 8.62. The van der Waals surface area contributed by atoms with Crippen molar-refractivity contribution < 1.29 is 4.79 Å². The molecule has 1 aliphatic heterocycles. The molecular weight excluding hydrogens is 348 g/mol. The first kappa shape index (κ1) is 17.3. The van der Waals surface area contributed by atoms with E-state index in [9.17, 15) is 4.79 Å². The van der Waals surface area contributed by atoms with Crippen LogP contribution in [0.15, 0.2) is 54.7 Å². The topological polar surface area (TPSA) is 51.0 Å². The first-order valence-electron chi connectivity index (χ1n) is 10.1. The Morgan fingerprint density at radius 2 is 1.79 bits per heavy atom. The largest absolute Gasteiger partial charge is 0.299 e. The maximum absolute atomic E-state index is 11.9. The molecule has 0 bridgehead atoms. The van der Waals surface area contributed by atoms with Gasteiger partial charge in [-0.3, -0.25) is 9.69 Å². The van der Waals surface area contributed by atoms with E-state index in [0.29, 0.717) is 24.5 Å². The van der Waals surface area contributed by atoms with Gasteiger partial charge in [-0.05, 0) is 60.7 Å². The highest BCUT2D eigenvalue weighted by molar-refractivity contribution is 5.88. The number of aromatic nitrogens is 3. The van der Waals surface area contributed by atoms with Crippen LogP contribution >= 0.6 is 0 Å². The predicted octanol–water partition coefficient (Wildman–Crippen LogP) is 3.31. The van der Waals surface area contributed by atoms with Gasteiger partial charge in [-0.1, -0.05) is 41.6 Å². The summed E-state index contributed by atoms with van der Waals surface area (Å²) in [7, 11) is 0. The molecule has 3 aromatic rings. The number of benzene rings is 2. The van der Waals surface area contributed by atoms with Crippen molar-refractivity contribution in [3.8, 4) is 5.69 Å². The van der Waals surface area contributed by atoms with Gasteiger partial charge in [0.1, 0.15) is 5.78 Å². The third-order valence-corrected chi connectivity index (χ3v) is 6.05. The summed E-state index contributed by atoms with van der Waals surface area (Å²) in [4.78, 5) is 14.3. The van der Waals surface area contributed by atoms with E-state index in [4.69, 9.17) is 0 Å². The second kappa shape index (κ2) is 7.32. The van der Waals surface area contributed by atoms with Gasteiger partial charge in [0.05, 0.1) is 17.6 Å². The number of likely N-dealkylation sites (tertiary alicyclic amines) is 1. The molecule has 0 N–H and O–H groups in total. The van der Waals surface area contributed by atoms with Crippen molar-refractivity contribution >= 4 is 5.78 Å². The van der Waals surface area contributed by atoms with Gasteiger partial charge in [0.2, 0.25) is 0 Å². The zero-order chi connectivity index (χ0) is 18.9. The first-order valence-corrected chi connectivity index (χ1v) is 10.1. The van der Waals surface area contributed by atoms with Gasteiger partial charge < -0.3 is 0 Å².